The van der Waals surface area contributed by atoms with Crippen molar-refractivity contribution < 1.29 is 0 Å². The van der Waals surface area contributed by atoms with Crippen molar-refractivity contribution in [3.63, 3.8) is 0 Å². The number of hydrogen-bond acceptors (Lipinski definition) is 3. The Bertz CT molecular complexity index is 298. The molecule has 0 radical (unpaired) electrons. The molecule has 1 spiro atoms. The molecule has 2 saturated carbocycles. The molecule has 0 atom stereocenters. The number of nitrogens with two attached hydrogens (primary N) is 1. The summed E-state index contributed by atoms with van der Waals surface area (Å²) < 4.78 is 0. The van der Waals surface area contributed by atoms with E-state index >= 15 is 0 Å². The summed E-state index contributed by atoms with van der Waals surface area (Å²) in [5, 5.41) is 0. The van der Waals surface area contributed by atoms with Crippen molar-refractivity contribution in [2.75, 3.05) is 6.54 Å². The average molecular weight is 221 g/mol. The number of nitrogens with zero attached hydrogens (tertiary/aromatic N) is 2. The van der Waals surface area contributed by atoms with Crippen LogP contribution in [0.15, 0.2) is 4.99 Å². The summed E-state index contributed by atoms with van der Waals surface area (Å²) in [6.45, 7) is 3.28. The summed E-state index contributed by atoms with van der Waals surface area (Å²) in [6.07, 6.45) is 9.38. The minimum Gasteiger partial charge on any atom is -0.370 e. The lowest BCUT2D eigenvalue weighted by Gasteiger charge is -2.44. The quantitative estimate of drug-likeness (QED) is 0.776. The highest BCUT2D eigenvalue weighted by molar-refractivity contribution is 5.81. The Morgan fingerprint density at radius 3 is 2.56 bits per heavy atom. The molecule has 1 aliphatic heterocycles. The molecule has 3 heteroatoms. The fourth-order valence-corrected chi connectivity index (χ4v) is 3.55. The van der Waals surface area contributed by atoms with E-state index in [1.165, 1.54) is 44.9 Å². The fourth-order valence-electron chi connectivity index (χ4n) is 3.55. The molecular weight excluding hydrogens is 198 g/mol. The van der Waals surface area contributed by atoms with E-state index < -0.39 is 0 Å². The van der Waals surface area contributed by atoms with E-state index in [4.69, 9.17) is 5.73 Å². The highest BCUT2D eigenvalue weighted by Gasteiger charge is 2.49. The molecule has 0 bridgehead atoms. The number of rotatable bonds is 2. The molecule has 1 heterocycles. The number of hydrogen-bond donors (Lipinski definition) is 1. The largest absolute Gasteiger partial charge is 0.370 e. The standard InChI is InChI=1S/C13H23N3/c1-2-10-5-7-13(8-6-10)9-15-12(14)16(13)11-3-4-11/h10-11H,2-9H2,1H3,(H2,14,15). The third-order valence-electron chi connectivity index (χ3n) is 4.82. The first kappa shape index (κ1) is 10.4. The van der Waals surface area contributed by atoms with Gasteiger partial charge in [-0.2, -0.15) is 0 Å². The molecule has 0 saturated heterocycles. The molecule has 3 aliphatic rings. The monoisotopic (exact) mass is 221 g/mol. The summed E-state index contributed by atoms with van der Waals surface area (Å²) in [6, 6.07) is 0.726. The van der Waals surface area contributed by atoms with Gasteiger partial charge in [0.25, 0.3) is 0 Å². The smallest absolute Gasteiger partial charge is 0.192 e. The number of guanidine groups is 1. The van der Waals surface area contributed by atoms with E-state index in [0.717, 1.165) is 24.5 Å². The van der Waals surface area contributed by atoms with Crippen molar-refractivity contribution in [1.82, 2.24) is 4.90 Å². The van der Waals surface area contributed by atoms with E-state index in [0.29, 0.717) is 5.54 Å². The molecule has 0 aromatic heterocycles. The van der Waals surface area contributed by atoms with Gasteiger partial charge >= 0.3 is 0 Å². The maximum Gasteiger partial charge on any atom is 0.192 e. The van der Waals surface area contributed by atoms with E-state index in [1.807, 2.05) is 0 Å². The predicted octanol–water partition coefficient (Wildman–Crippen LogP) is 2.12. The summed E-state index contributed by atoms with van der Waals surface area (Å²) >= 11 is 0. The minimum absolute atomic E-state index is 0.330. The second kappa shape index (κ2) is 3.64. The fraction of sp³-hybridized carbons (Fsp3) is 0.923. The molecule has 90 valence electrons. The second-order valence-corrected chi connectivity index (χ2v) is 5.85. The van der Waals surface area contributed by atoms with Gasteiger partial charge in [-0.1, -0.05) is 13.3 Å². The summed E-state index contributed by atoms with van der Waals surface area (Å²) in [7, 11) is 0. The Labute approximate surface area is 98.1 Å². The predicted molar refractivity (Wildman–Crippen MR) is 66.3 cm³/mol. The van der Waals surface area contributed by atoms with Gasteiger partial charge in [0.1, 0.15) is 0 Å². The topological polar surface area (TPSA) is 41.6 Å². The van der Waals surface area contributed by atoms with Gasteiger partial charge in [-0.25, -0.2) is 0 Å². The Balaban J connectivity index is 1.74. The van der Waals surface area contributed by atoms with Crippen LogP contribution in [-0.2, 0) is 0 Å². The van der Waals surface area contributed by atoms with Crippen LogP contribution < -0.4 is 5.73 Å². The zero-order valence-electron chi connectivity index (χ0n) is 10.3. The molecule has 2 N–H and O–H groups in total. The summed E-state index contributed by atoms with van der Waals surface area (Å²) in [5.41, 5.74) is 6.40. The van der Waals surface area contributed by atoms with Gasteiger partial charge in [-0.05, 0) is 44.4 Å². The maximum absolute atomic E-state index is 6.07. The molecular formula is C13H23N3. The van der Waals surface area contributed by atoms with Crippen LogP contribution in [0.25, 0.3) is 0 Å². The Kier molecular flexibility index (Phi) is 2.37. The van der Waals surface area contributed by atoms with Crippen LogP contribution in [0.4, 0.5) is 0 Å². The lowest BCUT2D eigenvalue weighted by Crippen LogP contribution is -2.54. The first-order valence-electron chi connectivity index (χ1n) is 6.84. The van der Waals surface area contributed by atoms with E-state index in [9.17, 15) is 0 Å². The molecule has 0 aromatic carbocycles. The lowest BCUT2D eigenvalue weighted by molar-refractivity contribution is 0.109. The van der Waals surface area contributed by atoms with E-state index in [1.54, 1.807) is 0 Å². The third kappa shape index (κ3) is 1.52. The Hall–Kier alpha value is -0.730. The summed E-state index contributed by atoms with van der Waals surface area (Å²) in [4.78, 5) is 7.01. The van der Waals surface area contributed by atoms with Crippen LogP contribution in [0.1, 0.15) is 51.9 Å². The molecule has 3 rings (SSSR count). The van der Waals surface area contributed by atoms with Crippen molar-refractivity contribution in [3.8, 4) is 0 Å². The van der Waals surface area contributed by atoms with Gasteiger partial charge in [0, 0.05) is 6.04 Å². The van der Waals surface area contributed by atoms with Gasteiger partial charge in [-0.3, -0.25) is 4.99 Å². The average Bonchev–Trinajstić information content (AvgIpc) is 3.08. The Morgan fingerprint density at radius 2 is 2.00 bits per heavy atom. The van der Waals surface area contributed by atoms with Gasteiger partial charge in [0.15, 0.2) is 5.96 Å². The molecule has 2 fully saturated rings. The zero-order chi connectivity index (χ0) is 11.2. The second-order valence-electron chi connectivity index (χ2n) is 5.85. The molecule has 3 nitrogen and oxygen atoms in total. The van der Waals surface area contributed by atoms with Crippen LogP contribution in [0.5, 0.6) is 0 Å². The van der Waals surface area contributed by atoms with Crippen LogP contribution in [0.3, 0.4) is 0 Å². The van der Waals surface area contributed by atoms with Gasteiger partial charge in [0.2, 0.25) is 0 Å². The van der Waals surface area contributed by atoms with Crippen molar-refractivity contribution in [2.24, 2.45) is 16.6 Å². The van der Waals surface area contributed by atoms with Crippen LogP contribution in [-0.4, -0.2) is 29.0 Å². The van der Waals surface area contributed by atoms with Gasteiger partial charge in [0.05, 0.1) is 12.1 Å². The van der Waals surface area contributed by atoms with Crippen molar-refractivity contribution in [1.29, 1.82) is 0 Å². The van der Waals surface area contributed by atoms with Crippen molar-refractivity contribution >= 4 is 5.96 Å². The zero-order valence-corrected chi connectivity index (χ0v) is 10.3. The van der Waals surface area contributed by atoms with Gasteiger partial charge < -0.3 is 10.6 Å². The van der Waals surface area contributed by atoms with E-state index in [2.05, 4.69) is 16.8 Å². The third-order valence-corrected chi connectivity index (χ3v) is 4.82. The van der Waals surface area contributed by atoms with Crippen molar-refractivity contribution in [2.45, 2.75) is 63.5 Å². The van der Waals surface area contributed by atoms with Gasteiger partial charge in [-0.15, -0.1) is 0 Å². The van der Waals surface area contributed by atoms with Crippen LogP contribution >= 0.6 is 0 Å². The first-order valence-corrected chi connectivity index (χ1v) is 6.84. The Morgan fingerprint density at radius 1 is 1.31 bits per heavy atom. The lowest BCUT2D eigenvalue weighted by atomic mass is 9.75. The molecule has 16 heavy (non-hydrogen) atoms. The minimum atomic E-state index is 0.330. The maximum atomic E-state index is 6.07. The molecule has 0 aromatic rings. The van der Waals surface area contributed by atoms with E-state index in [-0.39, 0.29) is 0 Å². The summed E-state index contributed by atoms with van der Waals surface area (Å²) in [5.74, 6) is 1.78. The van der Waals surface area contributed by atoms with Crippen molar-refractivity contribution in [3.05, 3.63) is 0 Å². The molecule has 2 aliphatic carbocycles. The molecule has 0 unspecified atom stereocenters. The highest BCUT2D eigenvalue weighted by Crippen LogP contribution is 2.45. The SMILES string of the molecule is CCC1CCC2(CC1)CN=C(N)N2C1CC1. The molecule has 0 amide bonds. The highest BCUT2D eigenvalue weighted by atomic mass is 15.4. The first-order chi connectivity index (χ1) is 7.75. The normalized spacial score (nSPS) is 39.2. The van der Waals surface area contributed by atoms with Crippen LogP contribution in [0.2, 0.25) is 0 Å². The van der Waals surface area contributed by atoms with Crippen LogP contribution in [0, 0.1) is 5.92 Å². The number of aliphatic imine (C=N–C) groups is 1.